The lowest BCUT2D eigenvalue weighted by atomic mass is 10.0. The van der Waals surface area contributed by atoms with Crippen molar-refractivity contribution in [1.82, 2.24) is 5.32 Å². The van der Waals surface area contributed by atoms with E-state index in [9.17, 15) is 19.8 Å². The minimum absolute atomic E-state index is 0.0541. The van der Waals surface area contributed by atoms with Crippen LogP contribution in [0.4, 0.5) is 0 Å². The van der Waals surface area contributed by atoms with Crippen LogP contribution in [0.5, 0.6) is 0 Å². The fraction of sp³-hybridized carbons (Fsp3) is 0.806. The van der Waals surface area contributed by atoms with Crippen LogP contribution in [0.2, 0.25) is 0 Å². The zero-order valence-electron chi connectivity index (χ0n) is 45.2. The summed E-state index contributed by atoms with van der Waals surface area (Å²) in [5, 5.41) is 23.9. The molecule has 0 saturated carbocycles. The van der Waals surface area contributed by atoms with E-state index in [1.54, 1.807) is 0 Å². The molecule has 0 aliphatic carbocycles. The van der Waals surface area contributed by atoms with Crippen LogP contribution in [0.15, 0.2) is 60.8 Å². The zero-order chi connectivity index (χ0) is 49.5. The maximum Gasteiger partial charge on any atom is 0.306 e. The average Bonchev–Trinajstić information content (AvgIpc) is 3.33. The molecule has 6 heteroatoms. The van der Waals surface area contributed by atoms with E-state index in [1.807, 2.05) is 0 Å². The lowest BCUT2D eigenvalue weighted by molar-refractivity contribution is -0.151. The number of rotatable bonds is 53. The molecular weight excluding hydrogens is 839 g/mol. The van der Waals surface area contributed by atoms with Gasteiger partial charge in [-0.05, 0) is 89.9 Å². The van der Waals surface area contributed by atoms with Crippen molar-refractivity contribution in [1.29, 1.82) is 0 Å². The molecule has 3 atom stereocenters. The number of esters is 1. The highest BCUT2D eigenvalue weighted by Crippen LogP contribution is 2.18. The van der Waals surface area contributed by atoms with E-state index in [4.69, 9.17) is 4.74 Å². The molecule has 1 amide bonds. The highest BCUT2D eigenvalue weighted by molar-refractivity contribution is 5.77. The lowest BCUT2D eigenvalue weighted by Crippen LogP contribution is -2.46. The van der Waals surface area contributed by atoms with Gasteiger partial charge in [0.25, 0.3) is 0 Å². The summed E-state index contributed by atoms with van der Waals surface area (Å²) in [6.45, 7) is 6.39. The van der Waals surface area contributed by atoms with Gasteiger partial charge in [0.05, 0.1) is 25.2 Å². The molecule has 0 fully saturated rings. The minimum atomic E-state index is -0.800. The third kappa shape index (κ3) is 50.0. The Hall–Kier alpha value is -2.44. The molecule has 0 spiro atoms. The molecule has 0 heterocycles. The number of allylic oxidation sites excluding steroid dienone is 10. The van der Waals surface area contributed by atoms with Gasteiger partial charge in [-0.15, -0.1) is 0 Å². The molecule has 68 heavy (non-hydrogen) atoms. The van der Waals surface area contributed by atoms with Crippen LogP contribution < -0.4 is 5.32 Å². The smallest absolute Gasteiger partial charge is 0.306 e. The Balaban J connectivity index is 4.60. The Kier molecular flexibility index (Phi) is 53.5. The average molecular weight is 953 g/mol. The van der Waals surface area contributed by atoms with E-state index in [2.05, 4.69) is 86.8 Å². The quantitative estimate of drug-likeness (QED) is 0.0321. The first-order valence-corrected chi connectivity index (χ1v) is 29.5. The molecule has 396 valence electrons. The number of aliphatic hydroxyl groups is 2. The van der Waals surface area contributed by atoms with Gasteiger partial charge in [0.2, 0.25) is 5.91 Å². The fourth-order valence-corrected chi connectivity index (χ4v) is 8.89. The summed E-state index contributed by atoms with van der Waals surface area (Å²) in [5.41, 5.74) is 0. The number of hydrogen-bond donors (Lipinski definition) is 3. The Bertz CT molecular complexity index is 1210. The number of hydrogen-bond acceptors (Lipinski definition) is 5. The predicted octanol–water partition coefficient (Wildman–Crippen LogP) is 18.4. The lowest BCUT2D eigenvalue weighted by Gasteiger charge is -2.24. The van der Waals surface area contributed by atoms with E-state index >= 15 is 0 Å². The van der Waals surface area contributed by atoms with E-state index < -0.39 is 18.2 Å². The number of amides is 1. The Labute approximate surface area is 422 Å². The molecule has 0 aromatic carbocycles. The molecule has 0 bridgehead atoms. The molecule has 3 N–H and O–H groups in total. The molecule has 0 radical (unpaired) electrons. The number of nitrogens with one attached hydrogen (secondary N) is 1. The van der Waals surface area contributed by atoms with E-state index in [0.29, 0.717) is 19.3 Å². The summed E-state index contributed by atoms with van der Waals surface area (Å²) in [5.74, 6) is -0.517. The highest BCUT2D eigenvalue weighted by atomic mass is 16.5. The van der Waals surface area contributed by atoms with Crippen LogP contribution in [0.3, 0.4) is 0 Å². The van der Waals surface area contributed by atoms with Gasteiger partial charge >= 0.3 is 5.97 Å². The molecule has 0 aromatic rings. The zero-order valence-corrected chi connectivity index (χ0v) is 45.2. The van der Waals surface area contributed by atoms with Gasteiger partial charge in [-0.1, -0.05) is 255 Å². The summed E-state index contributed by atoms with van der Waals surface area (Å²) in [6.07, 6.45) is 70.0. The molecule has 0 rings (SSSR count). The standard InChI is InChI=1S/C62H113NO5/c1-4-7-10-13-16-19-22-25-28-31-33-36-39-42-45-48-51-54-60(65)59(57-64)63-61(66)56-58(53-50-47-44-41-38-35-32-29-26-23-20-17-14-11-8-5-2)68-62(67)55-52-49-46-43-40-37-34-30-27-24-21-18-15-12-9-6-3/h9,12,18,21,27,30,35,37-38,40,58-60,64-65H,4-8,10-11,13-17,19-20,22-26,28-29,31-34,36,39,41-57H2,1-3H3,(H,63,66)/b12-9+,21-18+,30-27+,38-35+,40-37+. The topological polar surface area (TPSA) is 95.9 Å². The van der Waals surface area contributed by atoms with Crippen molar-refractivity contribution >= 4 is 11.9 Å². The number of carbonyl (C=O) groups excluding carboxylic acids is 2. The second-order valence-corrected chi connectivity index (χ2v) is 20.0. The number of unbranched alkanes of at least 4 members (excludes halogenated alkanes) is 31. The summed E-state index contributed by atoms with van der Waals surface area (Å²) in [6, 6.07) is -0.715. The van der Waals surface area contributed by atoms with Crippen LogP contribution in [-0.4, -0.2) is 46.9 Å². The second-order valence-electron chi connectivity index (χ2n) is 20.0. The summed E-state index contributed by atoms with van der Waals surface area (Å²) < 4.78 is 5.94. The van der Waals surface area contributed by atoms with Crippen molar-refractivity contribution in [3.8, 4) is 0 Å². The summed E-state index contributed by atoms with van der Waals surface area (Å²) >= 11 is 0. The molecule has 6 nitrogen and oxygen atoms in total. The van der Waals surface area contributed by atoms with Crippen molar-refractivity contribution in [2.45, 2.75) is 315 Å². The van der Waals surface area contributed by atoms with Gasteiger partial charge in [-0.3, -0.25) is 9.59 Å². The third-order valence-corrected chi connectivity index (χ3v) is 13.3. The van der Waals surface area contributed by atoms with Gasteiger partial charge in [0.1, 0.15) is 6.10 Å². The summed E-state index contributed by atoms with van der Waals surface area (Å²) in [4.78, 5) is 26.3. The molecule has 0 aliphatic rings. The van der Waals surface area contributed by atoms with Crippen molar-refractivity contribution in [3.05, 3.63) is 60.8 Å². The number of aliphatic hydroxyl groups excluding tert-OH is 2. The fourth-order valence-electron chi connectivity index (χ4n) is 8.89. The normalized spacial score (nSPS) is 13.5. The van der Waals surface area contributed by atoms with Gasteiger partial charge in [0, 0.05) is 6.42 Å². The Morgan fingerprint density at radius 2 is 0.794 bits per heavy atom. The highest BCUT2D eigenvalue weighted by Gasteiger charge is 2.24. The Morgan fingerprint density at radius 3 is 1.24 bits per heavy atom. The van der Waals surface area contributed by atoms with Gasteiger partial charge in [-0.2, -0.15) is 0 Å². The molecule has 0 aromatic heterocycles. The first kappa shape index (κ1) is 65.6. The predicted molar refractivity (Wildman–Crippen MR) is 296 cm³/mol. The number of ether oxygens (including phenoxy) is 1. The van der Waals surface area contributed by atoms with E-state index in [-0.39, 0.29) is 24.9 Å². The minimum Gasteiger partial charge on any atom is -0.462 e. The van der Waals surface area contributed by atoms with Gasteiger partial charge in [-0.25, -0.2) is 0 Å². The van der Waals surface area contributed by atoms with Crippen LogP contribution in [-0.2, 0) is 14.3 Å². The van der Waals surface area contributed by atoms with Crippen molar-refractivity contribution < 1.29 is 24.5 Å². The maximum atomic E-state index is 13.3. The molecule has 0 aliphatic heterocycles. The first-order chi connectivity index (χ1) is 33.5. The van der Waals surface area contributed by atoms with Crippen LogP contribution in [0.1, 0.15) is 297 Å². The molecule has 3 unspecified atom stereocenters. The first-order valence-electron chi connectivity index (χ1n) is 29.5. The van der Waals surface area contributed by atoms with E-state index in [0.717, 1.165) is 103 Å². The van der Waals surface area contributed by atoms with Gasteiger partial charge < -0.3 is 20.3 Å². The van der Waals surface area contributed by atoms with Crippen molar-refractivity contribution in [3.63, 3.8) is 0 Å². The van der Waals surface area contributed by atoms with Crippen LogP contribution in [0, 0.1) is 0 Å². The van der Waals surface area contributed by atoms with Crippen molar-refractivity contribution in [2.24, 2.45) is 0 Å². The second kappa shape index (κ2) is 55.5. The largest absolute Gasteiger partial charge is 0.462 e. The SMILES string of the molecule is CC/C=C/C/C=C/C/C=C/C/C=C/CCCCCC(=O)OC(CCCCC/C=C/CCCCCCCCCCC)CC(=O)NC(CO)C(O)CCCCCCCCCCCCCCCCCCC. The molecule has 0 saturated heterocycles. The van der Waals surface area contributed by atoms with Gasteiger partial charge in [0.15, 0.2) is 0 Å². The summed E-state index contributed by atoms with van der Waals surface area (Å²) in [7, 11) is 0. The van der Waals surface area contributed by atoms with Crippen LogP contribution in [0.25, 0.3) is 0 Å². The Morgan fingerprint density at radius 1 is 0.441 bits per heavy atom. The monoisotopic (exact) mass is 952 g/mol. The maximum absolute atomic E-state index is 13.3. The van der Waals surface area contributed by atoms with E-state index in [1.165, 1.54) is 148 Å². The van der Waals surface area contributed by atoms with Crippen molar-refractivity contribution in [2.75, 3.05) is 6.61 Å². The third-order valence-electron chi connectivity index (χ3n) is 13.3. The molecular formula is C62H113NO5. The number of carbonyl (C=O) groups is 2. The van der Waals surface area contributed by atoms with Crippen LogP contribution >= 0.6 is 0 Å².